The van der Waals surface area contributed by atoms with E-state index in [4.69, 9.17) is 9.47 Å². The van der Waals surface area contributed by atoms with Crippen molar-refractivity contribution < 1.29 is 14.3 Å². The van der Waals surface area contributed by atoms with Gasteiger partial charge in [-0.3, -0.25) is 4.79 Å². The van der Waals surface area contributed by atoms with Crippen LogP contribution in [0.1, 0.15) is 17.4 Å². The molecular weight excluding hydrogens is 470 g/mol. The molecule has 156 valence electrons. The van der Waals surface area contributed by atoms with Crippen molar-refractivity contribution in [3.63, 3.8) is 0 Å². The molecule has 2 aromatic carbocycles. The van der Waals surface area contributed by atoms with Crippen LogP contribution in [0.2, 0.25) is 0 Å². The van der Waals surface area contributed by atoms with E-state index in [-0.39, 0.29) is 11.9 Å². The first kappa shape index (κ1) is 20.5. The molecule has 2 atom stereocenters. The molecule has 1 amide bonds. The molecule has 0 radical (unpaired) electrons. The Morgan fingerprint density at radius 3 is 2.60 bits per heavy atom. The van der Waals surface area contributed by atoms with E-state index < -0.39 is 5.25 Å². The third-order valence-corrected chi connectivity index (χ3v) is 6.58. The first-order chi connectivity index (χ1) is 14.5. The lowest BCUT2D eigenvalue weighted by Gasteiger charge is -2.33. The summed E-state index contributed by atoms with van der Waals surface area (Å²) < 4.78 is 13.1. The molecule has 0 aliphatic carbocycles. The predicted octanol–water partition coefficient (Wildman–Crippen LogP) is 3.76. The third kappa shape index (κ3) is 3.97. The Morgan fingerprint density at radius 1 is 1.17 bits per heavy atom. The van der Waals surface area contributed by atoms with E-state index in [0.717, 1.165) is 27.4 Å². The zero-order valence-corrected chi connectivity index (χ0v) is 19.0. The number of rotatable bonds is 5. The molecule has 0 bridgehead atoms. The van der Waals surface area contributed by atoms with Gasteiger partial charge in [0.25, 0.3) is 0 Å². The second kappa shape index (κ2) is 8.57. The molecule has 2 heterocycles. The van der Waals surface area contributed by atoms with Crippen molar-refractivity contribution in [3.05, 3.63) is 58.3 Å². The minimum Gasteiger partial charge on any atom is -0.497 e. The highest BCUT2D eigenvalue weighted by Crippen LogP contribution is 2.39. The molecule has 30 heavy (non-hydrogen) atoms. The Hall–Kier alpha value is -2.72. The van der Waals surface area contributed by atoms with Crippen LogP contribution in [0.4, 0.5) is 5.69 Å². The van der Waals surface area contributed by atoms with E-state index in [9.17, 15) is 4.79 Å². The highest BCUT2D eigenvalue weighted by Gasteiger charge is 2.37. The molecule has 8 nitrogen and oxygen atoms in total. The molecule has 2 N–H and O–H groups in total. The number of hydrogen-bond acceptors (Lipinski definition) is 7. The van der Waals surface area contributed by atoms with Crippen molar-refractivity contribution in [1.29, 1.82) is 0 Å². The Bertz CT molecular complexity index is 1070. The number of nitrogens with one attached hydrogen (secondary N) is 2. The number of nitrogens with zero attached hydrogens (tertiary/aromatic N) is 3. The number of anilines is 1. The highest BCUT2D eigenvalue weighted by atomic mass is 79.9. The van der Waals surface area contributed by atoms with E-state index in [1.54, 1.807) is 26.4 Å². The van der Waals surface area contributed by atoms with Gasteiger partial charge < -0.3 is 20.2 Å². The van der Waals surface area contributed by atoms with Gasteiger partial charge in [0.2, 0.25) is 11.1 Å². The Labute approximate surface area is 186 Å². The number of fused-ring (bicyclic) bond motifs is 1. The number of aryl methyl sites for hydroxylation is 1. The molecule has 10 heteroatoms. The number of thioether (sulfide) groups is 1. The van der Waals surface area contributed by atoms with Crippen LogP contribution in [0, 0.1) is 6.92 Å². The van der Waals surface area contributed by atoms with Gasteiger partial charge >= 0.3 is 0 Å². The molecule has 0 fully saturated rings. The smallest absolute Gasteiger partial charge is 0.240 e. The fraction of sp³-hybridized carbons (Fsp3) is 0.250. The molecule has 0 saturated carbocycles. The number of carbonyl (C=O) groups excluding carboxylic acids is 1. The number of amides is 1. The number of hydrogen-bond donors (Lipinski definition) is 2. The van der Waals surface area contributed by atoms with Gasteiger partial charge in [-0.25, -0.2) is 4.68 Å². The van der Waals surface area contributed by atoms with E-state index >= 15 is 0 Å². The quantitative estimate of drug-likeness (QED) is 0.563. The molecule has 3 aromatic rings. The highest BCUT2D eigenvalue weighted by molar-refractivity contribution is 9.10. The van der Waals surface area contributed by atoms with E-state index in [2.05, 4.69) is 36.9 Å². The van der Waals surface area contributed by atoms with Crippen molar-refractivity contribution in [3.8, 4) is 11.5 Å². The number of methoxy groups -OCH3 is 2. The molecule has 4 rings (SSSR count). The van der Waals surface area contributed by atoms with Crippen LogP contribution in [0.25, 0.3) is 0 Å². The third-order valence-electron chi connectivity index (χ3n) is 4.75. The average molecular weight is 490 g/mol. The summed E-state index contributed by atoms with van der Waals surface area (Å²) in [5.74, 6) is 2.04. The van der Waals surface area contributed by atoms with E-state index in [0.29, 0.717) is 10.8 Å². The zero-order valence-electron chi connectivity index (χ0n) is 16.5. The number of carbonyl (C=O) groups is 1. The number of aromatic nitrogens is 3. The van der Waals surface area contributed by atoms with Gasteiger partial charge in [-0.05, 0) is 64.8 Å². The van der Waals surface area contributed by atoms with Gasteiger partial charge in [-0.1, -0.05) is 17.8 Å². The summed E-state index contributed by atoms with van der Waals surface area (Å²) in [7, 11) is 3.22. The molecule has 1 aliphatic heterocycles. The van der Waals surface area contributed by atoms with Gasteiger partial charge in [0.1, 0.15) is 22.6 Å². The summed E-state index contributed by atoms with van der Waals surface area (Å²) in [6, 6.07) is 12.7. The molecule has 1 aromatic heterocycles. The Balaban J connectivity index is 1.65. The van der Waals surface area contributed by atoms with Crippen LogP contribution in [-0.4, -0.2) is 40.3 Å². The lowest BCUT2D eigenvalue weighted by atomic mass is 10.0. The van der Waals surface area contributed by atoms with Crippen LogP contribution < -0.4 is 20.2 Å². The van der Waals surface area contributed by atoms with Crippen LogP contribution in [0.5, 0.6) is 11.5 Å². The van der Waals surface area contributed by atoms with Gasteiger partial charge in [-0.15, -0.1) is 10.2 Å². The van der Waals surface area contributed by atoms with Crippen LogP contribution in [0.15, 0.2) is 52.1 Å². The van der Waals surface area contributed by atoms with Crippen LogP contribution in [-0.2, 0) is 4.79 Å². The zero-order chi connectivity index (χ0) is 21.3. The Morgan fingerprint density at radius 2 is 1.93 bits per heavy atom. The summed E-state index contributed by atoms with van der Waals surface area (Å²) in [6.07, 6.45) is 0. The maximum Gasteiger partial charge on any atom is 0.240 e. The van der Waals surface area contributed by atoms with Gasteiger partial charge in [0, 0.05) is 5.69 Å². The van der Waals surface area contributed by atoms with Gasteiger partial charge in [-0.2, -0.15) is 0 Å². The average Bonchev–Trinajstić information content (AvgIpc) is 3.13. The SMILES string of the molecule is COc1ccc(NC(=O)[C@@H]2Sc3nnc(C)n3N[C@@H]2c2ccc(OC)c(Br)c2)cc1. The largest absolute Gasteiger partial charge is 0.497 e. The minimum atomic E-state index is -0.469. The van der Waals surface area contributed by atoms with Crippen molar-refractivity contribution in [2.75, 3.05) is 25.0 Å². The first-order valence-corrected chi connectivity index (χ1v) is 10.8. The number of halogens is 1. The molecule has 0 spiro atoms. The molecular formula is C20H20BrN5O3S. The van der Waals surface area contributed by atoms with Gasteiger partial charge in [0.15, 0.2) is 0 Å². The molecule has 1 aliphatic rings. The number of benzene rings is 2. The second-order valence-corrected chi connectivity index (χ2v) is 8.59. The monoisotopic (exact) mass is 489 g/mol. The maximum absolute atomic E-state index is 13.2. The van der Waals surface area contributed by atoms with Crippen molar-refractivity contribution in [1.82, 2.24) is 14.9 Å². The molecule has 0 unspecified atom stereocenters. The number of ether oxygens (including phenoxy) is 2. The van der Waals surface area contributed by atoms with Crippen LogP contribution in [0.3, 0.4) is 0 Å². The lowest BCUT2D eigenvalue weighted by Crippen LogP contribution is -2.41. The van der Waals surface area contributed by atoms with Crippen LogP contribution >= 0.6 is 27.7 Å². The van der Waals surface area contributed by atoms with Gasteiger partial charge in [0.05, 0.1) is 24.7 Å². The van der Waals surface area contributed by atoms with Crippen molar-refractivity contribution in [2.45, 2.75) is 23.4 Å². The fourth-order valence-electron chi connectivity index (χ4n) is 3.17. The summed E-state index contributed by atoms with van der Waals surface area (Å²) in [5.41, 5.74) is 5.02. The van der Waals surface area contributed by atoms with E-state index in [1.807, 2.05) is 41.9 Å². The standard InChI is InChI=1S/C20H20BrN5O3S/c1-11-23-24-20-26(11)25-17(12-4-9-16(29-3)15(21)10-12)18(30-20)19(27)22-13-5-7-14(28-2)8-6-13/h4-10,17-18,25H,1-3H3,(H,22,27)/t17-,18-/m1/s1. The minimum absolute atomic E-state index is 0.137. The summed E-state index contributed by atoms with van der Waals surface area (Å²) in [6.45, 7) is 1.86. The second-order valence-electron chi connectivity index (χ2n) is 6.62. The fourth-order valence-corrected chi connectivity index (χ4v) is 4.86. The normalized spacial score (nSPS) is 17.6. The van der Waals surface area contributed by atoms with Crippen molar-refractivity contribution >= 4 is 39.3 Å². The predicted molar refractivity (Wildman–Crippen MR) is 119 cm³/mol. The molecule has 0 saturated heterocycles. The maximum atomic E-state index is 13.2. The summed E-state index contributed by atoms with van der Waals surface area (Å²) >= 11 is 4.91. The van der Waals surface area contributed by atoms with E-state index in [1.165, 1.54) is 11.8 Å². The first-order valence-electron chi connectivity index (χ1n) is 9.13. The topological polar surface area (TPSA) is 90.3 Å². The lowest BCUT2D eigenvalue weighted by molar-refractivity contribution is -0.116. The van der Waals surface area contributed by atoms with Crippen molar-refractivity contribution in [2.24, 2.45) is 0 Å². The summed E-state index contributed by atoms with van der Waals surface area (Å²) in [4.78, 5) is 13.2. The summed E-state index contributed by atoms with van der Waals surface area (Å²) in [5, 5.41) is 11.5. The Kier molecular flexibility index (Phi) is 5.87.